The maximum atomic E-state index is 12.2. The molecule has 1 aromatic rings. The van der Waals surface area contributed by atoms with Crippen LogP contribution in [-0.4, -0.2) is 35.0 Å². The molecule has 1 unspecified atom stereocenters. The van der Waals surface area contributed by atoms with Gasteiger partial charge >= 0.3 is 0 Å². The van der Waals surface area contributed by atoms with Crippen molar-refractivity contribution >= 4 is 5.91 Å². The summed E-state index contributed by atoms with van der Waals surface area (Å²) >= 11 is 0. The van der Waals surface area contributed by atoms with E-state index in [9.17, 15) is 9.59 Å². The fourth-order valence-corrected chi connectivity index (χ4v) is 3.07. The van der Waals surface area contributed by atoms with Gasteiger partial charge in [-0.3, -0.25) is 9.59 Å². The van der Waals surface area contributed by atoms with Crippen LogP contribution in [-0.2, 0) is 6.54 Å². The van der Waals surface area contributed by atoms with Crippen molar-refractivity contribution in [2.45, 2.75) is 39.7 Å². The number of primary amides is 1. The number of amides is 1. The number of hydrogen-bond donors (Lipinski definition) is 1. The number of pyridine rings is 1. The van der Waals surface area contributed by atoms with Gasteiger partial charge in [-0.1, -0.05) is 20.3 Å². The third kappa shape index (κ3) is 4.19. The fourth-order valence-electron chi connectivity index (χ4n) is 3.07. The van der Waals surface area contributed by atoms with Gasteiger partial charge in [-0.2, -0.15) is 0 Å². The van der Waals surface area contributed by atoms with Gasteiger partial charge in [0, 0.05) is 19.3 Å². The molecular formula is C17H27N3O2. The van der Waals surface area contributed by atoms with E-state index < -0.39 is 5.91 Å². The van der Waals surface area contributed by atoms with Crippen LogP contribution in [0.1, 0.15) is 43.5 Å². The number of rotatable bonds is 6. The van der Waals surface area contributed by atoms with Crippen molar-refractivity contribution in [1.82, 2.24) is 9.47 Å². The van der Waals surface area contributed by atoms with Gasteiger partial charge in [-0.05, 0) is 49.9 Å². The normalized spacial score (nSPS) is 18.3. The molecule has 0 saturated carbocycles. The molecule has 1 aliphatic rings. The van der Waals surface area contributed by atoms with Gasteiger partial charge < -0.3 is 15.2 Å². The molecule has 1 fully saturated rings. The second-order valence-corrected chi connectivity index (χ2v) is 6.50. The highest BCUT2D eigenvalue weighted by Gasteiger charge is 2.21. The van der Waals surface area contributed by atoms with Crippen LogP contribution in [0.15, 0.2) is 23.1 Å². The average Bonchev–Trinajstić information content (AvgIpc) is 2.50. The summed E-state index contributed by atoms with van der Waals surface area (Å²) < 4.78 is 1.63. The molecule has 122 valence electrons. The van der Waals surface area contributed by atoms with Gasteiger partial charge in [-0.25, -0.2) is 0 Å². The molecule has 0 radical (unpaired) electrons. The molecular weight excluding hydrogens is 278 g/mol. The standard InChI is InChI=1S/C17H27N3O2/c1-3-13(2)11-19-9-6-14(7-10-19)12-20-8-4-5-15(16(18)21)17(20)22/h4-5,8,13-14H,3,6-7,9-12H2,1-2H3,(H2,18,21). The lowest BCUT2D eigenvalue weighted by Gasteiger charge is -2.33. The molecule has 1 saturated heterocycles. The number of aromatic nitrogens is 1. The summed E-state index contributed by atoms with van der Waals surface area (Å²) in [7, 11) is 0. The first-order valence-electron chi connectivity index (χ1n) is 8.22. The van der Waals surface area contributed by atoms with Crippen molar-refractivity contribution < 1.29 is 4.79 Å². The summed E-state index contributed by atoms with van der Waals surface area (Å²) in [4.78, 5) is 25.9. The van der Waals surface area contributed by atoms with Gasteiger partial charge in [-0.15, -0.1) is 0 Å². The van der Waals surface area contributed by atoms with E-state index in [4.69, 9.17) is 5.73 Å². The van der Waals surface area contributed by atoms with E-state index in [-0.39, 0.29) is 11.1 Å². The summed E-state index contributed by atoms with van der Waals surface area (Å²) in [5, 5.41) is 0. The molecule has 0 aromatic carbocycles. The minimum atomic E-state index is -0.650. The average molecular weight is 305 g/mol. The molecule has 1 aliphatic heterocycles. The summed E-state index contributed by atoms with van der Waals surface area (Å²) in [6.07, 6.45) is 5.17. The molecule has 1 aromatic heterocycles. The molecule has 1 amide bonds. The molecule has 2 heterocycles. The van der Waals surface area contributed by atoms with Gasteiger partial charge in [0.05, 0.1) is 0 Å². The number of hydrogen-bond acceptors (Lipinski definition) is 3. The number of carbonyl (C=O) groups excluding carboxylic acids is 1. The summed E-state index contributed by atoms with van der Waals surface area (Å²) in [6, 6.07) is 3.22. The number of piperidine rings is 1. The van der Waals surface area contributed by atoms with E-state index in [0.29, 0.717) is 12.5 Å². The minimum absolute atomic E-state index is 0.0803. The largest absolute Gasteiger partial charge is 0.365 e. The fraction of sp³-hybridized carbons (Fsp3) is 0.647. The van der Waals surface area contributed by atoms with Crippen molar-refractivity contribution in [1.29, 1.82) is 0 Å². The van der Waals surface area contributed by atoms with Crippen LogP contribution >= 0.6 is 0 Å². The predicted molar refractivity (Wildman–Crippen MR) is 87.8 cm³/mol. The van der Waals surface area contributed by atoms with E-state index in [2.05, 4.69) is 18.7 Å². The van der Waals surface area contributed by atoms with Crippen LogP contribution in [0.2, 0.25) is 0 Å². The Kier molecular flexibility index (Phi) is 5.77. The zero-order valence-electron chi connectivity index (χ0n) is 13.6. The molecule has 2 N–H and O–H groups in total. The first kappa shape index (κ1) is 16.7. The van der Waals surface area contributed by atoms with Crippen LogP contribution in [0.3, 0.4) is 0 Å². The maximum Gasteiger partial charge on any atom is 0.263 e. The van der Waals surface area contributed by atoms with Crippen molar-refractivity contribution in [2.24, 2.45) is 17.6 Å². The van der Waals surface area contributed by atoms with Gasteiger partial charge in [0.15, 0.2) is 0 Å². The minimum Gasteiger partial charge on any atom is -0.365 e. The second-order valence-electron chi connectivity index (χ2n) is 6.50. The third-order valence-electron chi connectivity index (χ3n) is 4.71. The van der Waals surface area contributed by atoms with Crippen molar-refractivity contribution in [3.8, 4) is 0 Å². The van der Waals surface area contributed by atoms with Gasteiger partial charge in [0.1, 0.15) is 5.56 Å². The Morgan fingerprint density at radius 1 is 1.41 bits per heavy atom. The highest BCUT2D eigenvalue weighted by atomic mass is 16.2. The monoisotopic (exact) mass is 305 g/mol. The zero-order valence-corrected chi connectivity index (χ0v) is 13.6. The van der Waals surface area contributed by atoms with Gasteiger partial charge in [0.2, 0.25) is 0 Å². The smallest absolute Gasteiger partial charge is 0.263 e. The Morgan fingerprint density at radius 2 is 2.09 bits per heavy atom. The molecule has 5 heteroatoms. The first-order chi connectivity index (χ1) is 10.5. The third-order valence-corrected chi connectivity index (χ3v) is 4.71. The van der Waals surface area contributed by atoms with Crippen molar-refractivity contribution in [3.05, 3.63) is 34.2 Å². The topological polar surface area (TPSA) is 68.3 Å². The molecule has 0 aliphatic carbocycles. The van der Waals surface area contributed by atoms with E-state index in [1.165, 1.54) is 19.0 Å². The molecule has 1 atom stereocenters. The molecule has 2 rings (SSSR count). The first-order valence-corrected chi connectivity index (χ1v) is 8.22. The van der Waals surface area contributed by atoms with E-state index in [1.54, 1.807) is 16.8 Å². The highest BCUT2D eigenvalue weighted by molar-refractivity contribution is 5.92. The number of likely N-dealkylation sites (tertiary alicyclic amines) is 1. The predicted octanol–water partition coefficient (Wildman–Crippen LogP) is 1.71. The number of carbonyl (C=O) groups is 1. The quantitative estimate of drug-likeness (QED) is 0.870. The Bertz CT molecular complexity index is 559. The number of nitrogens with two attached hydrogens (primary N) is 1. The molecule has 0 spiro atoms. The van der Waals surface area contributed by atoms with Crippen LogP contribution in [0.25, 0.3) is 0 Å². The summed E-state index contributed by atoms with van der Waals surface area (Å²) in [5.41, 5.74) is 5.05. The van der Waals surface area contributed by atoms with E-state index in [1.807, 2.05) is 0 Å². The molecule has 5 nitrogen and oxygen atoms in total. The van der Waals surface area contributed by atoms with Crippen molar-refractivity contribution in [3.63, 3.8) is 0 Å². The Hall–Kier alpha value is -1.62. The summed E-state index contributed by atoms with van der Waals surface area (Å²) in [6.45, 7) is 8.56. The molecule has 0 bridgehead atoms. The van der Waals surface area contributed by atoms with Gasteiger partial charge in [0.25, 0.3) is 11.5 Å². The lowest BCUT2D eigenvalue weighted by Crippen LogP contribution is -2.39. The lowest BCUT2D eigenvalue weighted by molar-refractivity contribution is 0.0997. The van der Waals surface area contributed by atoms with Crippen LogP contribution < -0.4 is 11.3 Å². The lowest BCUT2D eigenvalue weighted by atomic mass is 9.95. The van der Waals surface area contributed by atoms with E-state index >= 15 is 0 Å². The second kappa shape index (κ2) is 7.58. The van der Waals surface area contributed by atoms with Crippen LogP contribution in [0, 0.1) is 11.8 Å². The van der Waals surface area contributed by atoms with Crippen LogP contribution in [0.5, 0.6) is 0 Å². The van der Waals surface area contributed by atoms with Crippen LogP contribution in [0.4, 0.5) is 0 Å². The Balaban J connectivity index is 1.93. The highest BCUT2D eigenvalue weighted by Crippen LogP contribution is 2.20. The zero-order chi connectivity index (χ0) is 16.1. The Morgan fingerprint density at radius 3 is 2.68 bits per heavy atom. The SMILES string of the molecule is CCC(C)CN1CCC(Cn2cccc(C(N)=O)c2=O)CC1. The van der Waals surface area contributed by atoms with E-state index in [0.717, 1.165) is 31.8 Å². The molecule has 22 heavy (non-hydrogen) atoms. The Labute approximate surface area is 132 Å². The summed E-state index contributed by atoms with van der Waals surface area (Å²) in [5.74, 6) is 0.586. The van der Waals surface area contributed by atoms with Crippen molar-refractivity contribution in [2.75, 3.05) is 19.6 Å². The maximum absolute atomic E-state index is 12.2. The number of nitrogens with zero attached hydrogens (tertiary/aromatic N) is 2.